The molecule has 0 aliphatic carbocycles. The number of nitrogens with zero attached hydrogens (tertiary/aromatic N) is 2. The minimum atomic E-state index is -0.970. The van der Waals surface area contributed by atoms with Gasteiger partial charge in [-0.25, -0.2) is 4.68 Å². The van der Waals surface area contributed by atoms with E-state index in [0.717, 1.165) is 11.1 Å². The Labute approximate surface area is 168 Å². The van der Waals surface area contributed by atoms with E-state index in [9.17, 15) is 14.4 Å². The molecule has 0 aliphatic rings. The van der Waals surface area contributed by atoms with Gasteiger partial charge in [0, 0.05) is 18.1 Å². The van der Waals surface area contributed by atoms with Crippen LogP contribution in [0.15, 0.2) is 47.3 Å². The van der Waals surface area contributed by atoms with Crippen molar-refractivity contribution >= 4 is 28.3 Å². The highest BCUT2D eigenvalue weighted by Crippen LogP contribution is 2.17. The molecule has 0 fully saturated rings. The average molecular weight is 393 g/mol. The van der Waals surface area contributed by atoms with Crippen LogP contribution in [0.5, 0.6) is 0 Å². The molecule has 1 heterocycles. The Balaban J connectivity index is 1.71. The zero-order chi connectivity index (χ0) is 21.1. The second-order valence-corrected chi connectivity index (χ2v) is 7.04. The van der Waals surface area contributed by atoms with Gasteiger partial charge in [0.1, 0.15) is 0 Å². The summed E-state index contributed by atoms with van der Waals surface area (Å²) in [5.41, 5.74) is 2.89. The number of benzene rings is 2. The topological polar surface area (TPSA) is 90.3 Å². The van der Waals surface area contributed by atoms with Crippen LogP contribution < -0.4 is 10.9 Å². The molecule has 0 radical (unpaired) electrons. The predicted octanol–water partition coefficient (Wildman–Crippen LogP) is 2.66. The van der Waals surface area contributed by atoms with Crippen molar-refractivity contribution < 1.29 is 14.3 Å². The number of aryl methyl sites for hydroxylation is 3. The fourth-order valence-corrected chi connectivity index (χ4v) is 3.12. The Morgan fingerprint density at radius 3 is 2.52 bits per heavy atom. The lowest BCUT2D eigenvalue weighted by Crippen LogP contribution is -2.31. The van der Waals surface area contributed by atoms with Crippen molar-refractivity contribution in [2.45, 2.75) is 33.3 Å². The van der Waals surface area contributed by atoms with Crippen molar-refractivity contribution in [1.29, 1.82) is 0 Å². The first kappa shape index (κ1) is 20.3. The maximum atomic E-state index is 12.4. The van der Waals surface area contributed by atoms with Crippen molar-refractivity contribution in [3.8, 4) is 0 Å². The minimum absolute atomic E-state index is 0.143. The van der Waals surface area contributed by atoms with Gasteiger partial charge in [0.15, 0.2) is 6.10 Å². The van der Waals surface area contributed by atoms with E-state index >= 15 is 0 Å². The van der Waals surface area contributed by atoms with Crippen LogP contribution in [0.25, 0.3) is 10.8 Å². The number of carbonyl (C=O) groups is 2. The highest BCUT2D eigenvalue weighted by atomic mass is 16.5. The zero-order valence-electron chi connectivity index (χ0n) is 16.9. The lowest BCUT2D eigenvalue weighted by atomic mass is 10.1. The van der Waals surface area contributed by atoms with Crippen LogP contribution in [0.1, 0.15) is 23.7 Å². The van der Waals surface area contributed by atoms with Gasteiger partial charge >= 0.3 is 5.97 Å². The van der Waals surface area contributed by atoms with Crippen LogP contribution in [0.3, 0.4) is 0 Å². The number of ether oxygens (including phenoxy) is 1. The standard InChI is InChI=1S/C22H23N3O4/c1-13-9-10-18(14(2)11-13)23-21(27)15(3)29-20(26)12-19-16-7-5-6-8-17(16)22(28)25(4)24-19/h5-11,15H,12H2,1-4H3,(H,23,27)/t15-/m1/s1. The van der Waals surface area contributed by atoms with E-state index in [-0.39, 0.29) is 12.0 Å². The van der Waals surface area contributed by atoms with Gasteiger partial charge in [-0.15, -0.1) is 0 Å². The summed E-state index contributed by atoms with van der Waals surface area (Å²) in [5.74, 6) is -1.01. The lowest BCUT2D eigenvalue weighted by Gasteiger charge is -2.15. The van der Waals surface area contributed by atoms with Crippen molar-refractivity contribution in [1.82, 2.24) is 9.78 Å². The maximum Gasteiger partial charge on any atom is 0.312 e. The molecule has 3 rings (SSSR count). The molecular weight excluding hydrogens is 370 g/mol. The second kappa shape index (κ2) is 8.26. The number of aromatic nitrogens is 2. The molecule has 1 aromatic heterocycles. The number of hydrogen-bond acceptors (Lipinski definition) is 5. The third-order valence-corrected chi connectivity index (χ3v) is 4.66. The number of carbonyl (C=O) groups excluding carboxylic acids is 2. The van der Waals surface area contributed by atoms with Crippen LogP contribution in [0, 0.1) is 13.8 Å². The Hall–Kier alpha value is -3.48. The molecule has 2 aromatic carbocycles. The van der Waals surface area contributed by atoms with Gasteiger partial charge in [-0.1, -0.05) is 35.9 Å². The van der Waals surface area contributed by atoms with Gasteiger partial charge in [0.25, 0.3) is 11.5 Å². The number of esters is 1. The first-order valence-corrected chi connectivity index (χ1v) is 9.29. The quantitative estimate of drug-likeness (QED) is 0.673. The predicted molar refractivity (Wildman–Crippen MR) is 111 cm³/mol. The fourth-order valence-electron chi connectivity index (χ4n) is 3.12. The summed E-state index contributed by atoms with van der Waals surface area (Å²) in [6.45, 7) is 5.39. The molecule has 0 bridgehead atoms. The van der Waals surface area contributed by atoms with Gasteiger partial charge in [-0.2, -0.15) is 5.10 Å². The number of anilines is 1. The van der Waals surface area contributed by atoms with Crippen molar-refractivity contribution in [3.05, 3.63) is 69.6 Å². The van der Waals surface area contributed by atoms with Crippen LogP contribution in [0.4, 0.5) is 5.69 Å². The SMILES string of the molecule is Cc1ccc(NC(=O)[C@@H](C)OC(=O)Cc2nn(C)c(=O)c3ccccc23)c(C)c1. The summed E-state index contributed by atoms with van der Waals surface area (Å²) in [6.07, 6.45) is -1.11. The number of amides is 1. The Bertz CT molecular complexity index is 1150. The average Bonchev–Trinajstić information content (AvgIpc) is 2.68. The summed E-state index contributed by atoms with van der Waals surface area (Å²) >= 11 is 0. The zero-order valence-corrected chi connectivity index (χ0v) is 16.9. The van der Waals surface area contributed by atoms with Gasteiger partial charge in [0.05, 0.1) is 17.5 Å². The Morgan fingerprint density at radius 2 is 1.83 bits per heavy atom. The third-order valence-electron chi connectivity index (χ3n) is 4.66. The molecule has 0 spiro atoms. The summed E-state index contributed by atoms with van der Waals surface area (Å²) in [4.78, 5) is 37.0. The van der Waals surface area contributed by atoms with Crippen molar-refractivity contribution in [2.24, 2.45) is 7.05 Å². The summed E-state index contributed by atoms with van der Waals surface area (Å²) in [7, 11) is 1.53. The maximum absolute atomic E-state index is 12.4. The van der Waals surface area contributed by atoms with E-state index in [1.807, 2.05) is 32.0 Å². The summed E-state index contributed by atoms with van der Waals surface area (Å²) < 4.78 is 6.49. The summed E-state index contributed by atoms with van der Waals surface area (Å²) in [5, 5.41) is 8.04. The van der Waals surface area contributed by atoms with E-state index in [0.29, 0.717) is 22.2 Å². The molecule has 0 saturated heterocycles. The molecule has 1 amide bonds. The van der Waals surface area contributed by atoms with Crippen molar-refractivity contribution in [3.63, 3.8) is 0 Å². The molecule has 7 nitrogen and oxygen atoms in total. The second-order valence-electron chi connectivity index (χ2n) is 7.04. The first-order chi connectivity index (χ1) is 13.8. The van der Waals surface area contributed by atoms with E-state index in [1.54, 1.807) is 24.3 Å². The third kappa shape index (κ3) is 4.51. The minimum Gasteiger partial charge on any atom is -0.452 e. The molecule has 1 N–H and O–H groups in total. The van der Waals surface area contributed by atoms with Crippen molar-refractivity contribution in [2.75, 3.05) is 5.32 Å². The number of nitrogens with one attached hydrogen (secondary N) is 1. The van der Waals surface area contributed by atoms with E-state index in [1.165, 1.54) is 18.7 Å². The molecule has 150 valence electrons. The van der Waals surface area contributed by atoms with E-state index < -0.39 is 18.0 Å². The molecule has 0 saturated carbocycles. The molecule has 29 heavy (non-hydrogen) atoms. The van der Waals surface area contributed by atoms with Gasteiger partial charge in [-0.3, -0.25) is 14.4 Å². The number of fused-ring (bicyclic) bond motifs is 1. The van der Waals surface area contributed by atoms with Crippen LogP contribution in [-0.4, -0.2) is 27.8 Å². The Morgan fingerprint density at radius 1 is 1.14 bits per heavy atom. The fraction of sp³-hybridized carbons (Fsp3) is 0.273. The first-order valence-electron chi connectivity index (χ1n) is 9.29. The summed E-state index contributed by atoms with van der Waals surface area (Å²) in [6, 6.07) is 12.6. The molecule has 1 atom stereocenters. The highest BCUT2D eigenvalue weighted by molar-refractivity contribution is 5.96. The largest absolute Gasteiger partial charge is 0.452 e. The molecule has 3 aromatic rings. The normalized spacial score (nSPS) is 11.9. The molecule has 0 unspecified atom stereocenters. The highest BCUT2D eigenvalue weighted by Gasteiger charge is 2.20. The van der Waals surface area contributed by atoms with Crippen LogP contribution in [-0.2, 0) is 27.8 Å². The Kier molecular flexibility index (Phi) is 5.77. The van der Waals surface area contributed by atoms with Crippen LogP contribution >= 0.6 is 0 Å². The van der Waals surface area contributed by atoms with E-state index in [4.69, 9.17) is 4.74 Å². The van der Waals surface area contributed by atoms with Gasteiger partial charge in [0.2, 0.25) is 0 Å². The monoisotopic (exact) mass is 393 g/mol. The van der Waals surface area contributed by atoms with E-state index in [2.05, 4.69) is 10.4 Å². The lowest BCUT2D eigenvalue weighted by molar-refractivity contribution is -0.152. The van der Waals surface area contributed by atoms with Gasteiger partial charge in [-0.05, 0) is 38.5 Å². The van der Waals surface area contributed by atoms with Crippen LogP contribution in [0.2, 0.25) is 0 Å². The molecular formula is C22H23N3O4. The number of hydrogen-bond donors (Lipinski definition) is 1. The number of rotatable bonds is 5. The smallest absolute Gasteiger partial charge is 0.312 e. The molecule has 0 aliphatic heterocycles. The van der Waals surface area contributed by atoms with Gasteiger partial charge < -0.3 is 10.1 Å². The molecule has 7 heteroatoms.